The van der Waals surface area contributed by atoms with Gasteiger partial charge < -0.3 is 10.1 Å². The van der Waals surface area contributed by atoms with Gasteiger partial charge in [-0.05, 0) is 41.3 Å². The van der Waals surface area contributed by atoms with Crippen LogP contribution >= 0.6 is 0 Å². The van der Waals surface area contributed by atoms with Gasteiger partial charge in [0.05, 0.1) is 0 Å². The molecule has 0 spiro atoms. The summed E-state index contributed by atoms with van der Waals surface area (Å²) >= 11 is 0. The van der Waals surface area contributed by atoms with Crippen LogP contribution in [0.4, 0.5) is 10.1 Å². The topological polar surface area (TPSA) is 38.3 Å². The predicted molar refractivity (Wildman–Crippen MR) is 85.7 cm³/mol. The van der Waals surface area contributed by atoms with Gasteiger partial charge in [0.25, 0.3) is 5.91 Å². The van der Waals surface area contributed by atoms with Gasteiger partial charge in [0.1, 0.15) is 11.6 Å². The third kappa shape index (κ3) is 4.32. The van der Waals surface area contributed by atoms with Crippen LogP contribution in [0.5, 0.6) is 5.75 Å². The van der Waals surface area contributed by atoms with Crippen molar-refractivity contribution in [2.75, 3.05) is 11.9 Å². The van der Waals surface area contributed by atoms with Crippen LogP contribution in [-0.2, 0) is 10.2 Å². The first-order valence-corrected chi connectivity index (χ1v) is 7.14. The van der Waals surface area contributed by atoms with Gasteiger partial charge in [-0.25, -0.2) is 4.39 Å². The third-order valence-electron chi connectivity index (χ3n) is 3.18. The van der Waals surface area contributed by atoms with Gasteiger partial charge in [-0.1, -0.05) is 39.0 Å². The minimum Gasteiger partial charge on any atom is -0.483 e. The lowest BCUT2D eigenvalue weighted by Gasteiger charge is -2.22. The third-order valence-corrected chi connectivity index (χ3v) is 3.18. The number of nitrogens with one attached hydrogen (secondary N) is 1. The van der Waals surface area contributed by atoms with Crippen LogP contribution in [0.25, 0.3) is 0 Å². The highest BCUT2D eigenvalue weighted by Crippen LogP contribution is 2.30. The molecule has 2 aromatic rings. The summed E-state index contributed by atoms with van der Waals surface area (Å²) in [5.74, 6) is 0.0768. The average Bonchev–Trinajstić information content (AvgIpc) is 2.47. The number of rotatable bonds is 4. The SMILES string of the molecule is CC(C)(C)c1ccccc1OCC(=O)Nc1ccc(F)cc1. The predicted octanol–water partition coefficient (Wildman–Crippen LogP) is 4.14. The molecule has 0 bridgehead atoms. The maximum atomic E-state index is 12.8. The fourth-order valence-electron chi connectivity index (χ4n) is 2.09. The number of carbonyl (C=O) groups is 1. The zero-order valence-electron chi connectivity index (χ0n) is 13.0. The van der Waals surface area contributed by atoms with Crippen molar-refractivity contribution in [1.29, 1.82) is 0 Å². The average molecular weight is 301 g/mol. The molecule has 0 saturated heterocycles. The number of benzene rings is 2. The highest BCUT2D eigenvalue weighted by Gasteiger charge is 2.18. The van der Waals surface area contributed by atoms with Crippen molar-refractivity contribution in [2.24, 2.45) is 0 Å². The molecule has 0 fully saturated rings. The second kappa shape index (κ2) is 6.60. The van der Waals surface area contributed by atoms with E-state index in [9.17, 15) is 9.18 Å². The Balaban J connectivity index is 1.98. The first-order chi connectivity index (χ1) is 10.4. The van der Waals surface area contributed by atoms with Crippen LogP contribution in [-0.4, -0.2) is 12.5 Å². The Morgan fingerprint density at radius 2 is 1.73 bits per heavy atom. The summed E-state index contributed by atoms with van der Waals surface area (Å²) in [7, 11) is 0. The van der Waals surface area contributed by atoms with E-state index >= 15 is 0 Å². The molecule has 1 N–H and O–H groups in total. The summed E-state index contributed by atoms with van der Waals surface area (Å²) < 4.78 is 18.4. The zero-order valence-corrected chi connectivity index (χ0v) is 13.0. The fraction of sp³-hybridized carbons (Fsp3) is 0.278. The minimum atomic E-state index is -0.339. The lowest BCUT2D eigenvalue weighted by molar-refractivity contribution is -0.118. The molecule has 0 aromatic heterocycles. The molecule has 4 heteroatoms. The lowest BCUT2D eigenvalue weighted by Crippen LogP contribution is -2.21. The second-order valence-electron chi connectivity index (χ2n) is 6.09. The molecule has 0 aliphatic heterocycles. The van der Waals surface area contributed by atoms with E-state index in [1.54, 1.807) is 0 Å². The Morgan fingerprint density at radius 1 is 1.09 bits per heavy atom. The van der Waals surface area contributed by atoms with Crippen LogP contribution in [0.1, 0.15) is 26.3 Å². The van der Waals surface area contributed by atoms with Crippen molar-refractivity contribution in [3.8, 4) is 5.75 Å². The molecule has 2 rings (SSSR count). The van der Waals surface area contributed by atoms with Crippen LogP contribution in [0, 0.1) is 5.82 Å². The minimum absolute atomic E-state index is 0.0654. The second-order valence-corrected chi connectivity index (χ2v) is 6.09. The van der Waals surface area contributed by atoms with E-state index in [0.29, 0.717) is 11.4 Å². The van der Waals surface area contributed by atoms with Gasteiger partial charge in [-0.15, -0.1) is 0 Å². The maximum Gasteiger partial charge on any atom is 0.262 e. The van der Waals surface area contributed by atoms with Gasteiger partial charge in [-0.2, -0.15) is 0 Å². The summed E-state index contributed by atoms with van der Waals surface area (Å²) in [5.41, 5.74) is 1.52. The number of anilines is 1. The van der Waals surface area contributed by atoms with E-state index in [4.69, 9.17) is 4.74 Å². The molecule has 116 valence electrons. The Morgan fingerprint density at radius 3 is 2.36 bits per heavy atom. The number of amides is 1. The number of para-hydroxylation sites is 1. The first-order valence-electron chi connectivity index (χ1n) is 7.14. The number of hydrogen-bond acceptors (Lipinski definition) is 2. The molecule has 2 aromatic carbocycles. The smallest absolute Gasteiger partial charge is 0.262 e. The van der Waals surface area contributed by atoms with Crippen molar-refractivity contribution < 1.29 is 13.9 Å². The van der Waals surface area contributed by atoms with E-state index in [0.717, 1.165) is 5.56 Å². The van der Waals surface area contributed by atoms with Crippen molar-refractivity contribution in [3.63, 3.8) is 0 Å². The van der Waals surface area contributed by atoms with Crippen LogP contribution < -0.4 is 10.1 Å². The summed E-state index contributed by atoms with van der Waals surface area (Å²) in [6, 6.07) is 13.3. The molecule has 0 heterocycles. The molecule has 1 amide bonds. The van der Waals surface area contributed by atoms with Gasteiger partial charge in [0.15, 0.2) is 6.61 Å². The van der Waals surface area contributed by atoms with Crippen LogP contribution in [0.15, 0.2) is 48.5 Å². The van der Waals surface area contributed by atoms with Gasteiger partial charge in [-0.3, -0.25) is 4.79 Å². The Bertz CT molecular complexity index is 645. The van der Waals surface area contributed by atoms with Crippen LogP contribution in [0.3, 0.4) is 0 Å². The molecule has 0 aliphatic rings. The van der Waals surface area contributed by atoms with E-state index in [-0.39, 0.29) is 23.7 Å². The van der Waals surface area contributed by atoms with Crippen LogP contribution in [0.2, 0.25) is 0 Å². The molecule has 0 atom stereocenters. The summed E-state index contributed by atoms with van der Waals surface area (Å²) in [6.07, 6.45) is 0. The number of carbonyl (C=O) groups excluding carboxylic acids is 1. The van der Waals surface area contributed by atoms with Gasteiger partial charge in [0, 0.05) is 5.69 Å². The van der Waals surface area contributed by atoms with E-state index in [1.807, 2.05) is 24.3 Å². The standard InChI is InChI=1S/C18H20FNO2/c1-18(2,3)15-6-4-5-7-16(15)22-12-17(21)20-14-10-8-13(19)9-11-14/h4-11H,12H2,1-3H3,(H,20,21). The first kappa shape index (κ1) is 16.0. The van der Waals surface area contributed by atoms with Gasteiger partial charge in [0.2, 0.25) is 0 Å². The summed E-state index contributed by atoms with van der Waals surface area (Å²) in [4.78, 5) is 11.9. The molecular formula is C18H20FNO2. The molecule has 3 nitrogen and oxygen atoms in total. The zero-order chi connectivity index (χ0) is 16.2. The van der Waals surface area contributed by atoms with Gasteiger partial charge >= 0.3 is 0 Å². The molecule has 0 saturated carbocycles. The van der Waals surface area contributed by atoms with E-state index in [2.05, 4.69) is 26.1 Å². The highest BCUT2D eigenvalue weighted by atomic mass is 19.1. The lowest BCUT2D eigenvalue weighted by atomic mass is 9.86. The number of ether oxygens (including phenoxy) is 1. The Hall–Kier alpha value is -2.36. The highest BCUT2D eigenvalue weighted by molar-refractivity contribution is 5.91. The number of halogens is 1. The summed E-state index contributed by atoms with van der Waals surface area (Å²) in [5, 5.41) is 2.67. The molecule has 0 unspecified atom stereocenters. The van der Waals surface area contributed by atoms with E-state index < -0.39 is 0 Å². The maximum absolute atomic E-state index is 12.8. The monoisotopic (exact) mass is 301 g/mol. The van der Waals surface area contributed by atoms with E-state index in [1.165, 1.54) is 24.3 Å². The summed E-state index contributed by atoms with van der Waals surface area (Å²) in [6.45, 7) is 6.18. The van der Waals surface area contributed by atoms with Crippen molar-refractivity contribution in [2.45, 2.75) is 26.2 Å². The largest absolute Gasteiger partial charge is 0.483 e. The normalized spacial score (nSPS) is 11.1. The van der Waals surface area contributed by atoms with Crippen molar-refractivity contribution in [3.05, 3.63) is 59.9 Å². The molecule has 0 aliphatic carbocycles. The Kier molecular flexibility index (Phi) is 4.81. The molecule has 22 heavy (non-hydrogen) atoms. The number of hydrogen-bond donors (Lipinski definition) is 1. The fourth-order valence-corrected chi connectivity index (χ4v) is 2.09. The van der Waals surface area contributed by atoms with Crippen molar-refractivity contribution in [1.82, 2.24) is 0 Å². The Labute approximate surface area is 130 Å². The molecule has 0 radical (unpaired) electrons. The molecular weight excluding hydrogens is 281 g/mol. The quantitative estimate of drug-likeness (QED) is 0.921. The van der Waals surface area contributed by atoms with Crippen molar-refractivity contribution >= 4 is 11.6 Å².